The minimum Gasteiger partial charge on any atom is -0.484 e. The SMILES string of the molecule is O=C(COc1ccccc1)NCC(=O)N1CC=C(c2c[nH]c3cc(F)ccc23)CC1. The number of aromatic amines is 1. The Hall–Kier alpha value is -3.61. The quantitative estimate of drug-likeness (QED) is 0.659. The Bertz CT molecular complexity index is 1090. The second-order valence-corrected chi connectivity index (χ2v) is 7.09. The van der Waals surface area contributed by atoms with Crippen LogP contribution in [0.15, 0.2) is 60.8 Å². The zero-order chi connectivity index (χ0) is 20.9. The largest absolute Gasteiger partial charge is 0.484 e. The van der Waals surface area contributed by atoms with Crippen LogP contribution in [0.1, 0.15) is 12.0 Å². The van der Waals surface area contributed by atoms with E-state index in [0.29, 0.717) is 25.3 Å². The minimum absolute atomic E-state index is 0.0630. The third-order valence-corrected chi connectivity index (χ3v) is 5.10. The Labute approximate surface area is 173 Å². The number of halogens is 1. The van der Waals surface area contributed by atoms with Crippen LogP contribution in [0.3, 0.4) is 0 Å². The second-order valence-electron chi connectivity index (χ2n) is 7.09. The number of aromatic nitrogens is 1. The highest BCUT2D eigenvalue weighted by atomic mass is 19.1. The van der Waals surface area contributed by atoms with Gasteiger partial charge in [-0.25, -0.2) is 4.39 Å². The highest BCUT2D eigenvalue weighted by molar-refractivity contribution is 5.93. The number of carbonyl (C=O) groups excluding carboxylic acids is 2. The van der Waals surface area contributed by atoms with Gasteiger partial charge in [-0.05, 0) is 42.3 Å². The lowest BCUT2D eigenvalue weighted by Gasteiger charge is -2.26. The van der Waals surface area contributed by atoms with Gasteiger partial charge in [0.15, 0.2) is 6.61 Å². The van der Waals surface area contributed by atoms with Crippen LogP contribution >= 0.6 is 0 Å². The molecule has 0 radical (unpaired) electrons. The van der Waals surface area contributed by atoms with Gasteiger partial charge in [0.1, 0.15) is 11.6 Å². The van der Waals surface area contributed by atoms with E-state index in [0.717, 1.165) is 22.0 Å². The Morgan fingerprint density at radius 3 is 2.77 bits per heavy atom. The summed E-state index contributed by atoms with van der Waals surface area (Å²) in [6, 6.07) is 13.7. The Balaban J connectivity index is 1.28. The first-order valence-electron chi connectivity index (χ1n) is 9.78. The van der Waals surface area contributed by atoms with Crippen LogP contribution in [0, 0.1) is 5.82 Å². The fraction of sp³-hybridized carbons (Fsp3) is 0.217. The van der Waals surface area contributed by atoms with E-state index < -0.39 is 0 Å². The van der Waals surface area contributed by atoms with Crippen LogP contribution in [0.5, 0.6) is 5.75 Å². The Morgan fingerprint density at radius 1 is 1.17 bits per heavy atom. The van der Waals surface area contributed by atoms with Crippen molar-refractivity contribution in [3.05, 3.63) is 72.2 Å². The summed E-state index contributed by atoms with van der Waals surface area (Å²) in [5, 5.41) is 3.57. The maximum absolute atomic E-state index is 13.4. The van der Waals surface area contributed by atoms with Crippen molar-refractivity contribution in [1.29, 1.82) is 0 Å². The van der Waals surface area contributed by atoms with E-state index in [-0.39, 0.29) is 30.8 Å². The van der Waals surface area contributed by atoms with Gasteiger partial charge in [-0.2, -0.15) is 0 Å². The van der Waals surface area contributed by atoms with E-state index in [4.69, 9.17) is 4.74 Å². The number of hydrogen-bond donors (Lipinski definition) is 2. The highest BCUT2D eigenvalue weighted by Gasteiger charge is 2.20. The third-order valence-electron chi connectivity index (χ3n) is 5.10. The van der Waals surface area contributed by atoms with Gasteiger partial charge in [-0.1, -0.05) is 24.3 Å². The van der Waals surface area contributed by atoms with Crippen molar-refractivity contribution in [3.8, 4) is 5.75 Å². The number of ether oxygens (including phenoxy) is 1. The Kier molecular flexibility index (Phi) is 5.79. The van der Waals surface area contributed by atoms with Gasteiger partial charge in [-0.15, -0.1) is 0 Å². The average Bonchev–Trinajstić information content (AvgIpc) is 3.20. The normalized spacial score (nSPS) is 13.8. The van der Waals surface area contributed by atoms with Crippen molar-refractivity contribution in [1.82, 2.24) is 15.2 Å². The number of H-pyrrole nitrogens is 1. The molecule has 30 heavy (non-hydrogen) atoms. The lowest BCUT2D eigenvalue weighted by atomic mass is 9.99. The van der Waals surface area contributed by atoms with E-state index >= 15 is 0 Å². The minimum atomic E-state index is -0.341. The molecule has 0 atom stereocenters. The first-order valence-corrected chi connectivity index (χ1v) is 9.78. The molecular weight excluding hydrogens is 385 g/mol. The second kappa shape index (κ2) is 8.82. The molecule has 0 saturated carbocycles. The van der Waals surface area contributed by atoms with Crippen LogP contribution < -0.4 is 10.1 Å². The van der Waals surface area contributed by atoms with Crippen molar-refractivity contribution < 1.29 is 18.7 Å². The molecule has 0 unspecified atom stereocenters. The molecule has 6 nitrogen and oxygen atoms in total. The van der Waals surface area contributed by atoms with Crippen molar-refractivity contribution in [3.63, 3.8) is 0 Å². The molecule has 0 saturated heterocycles. The van der Waals surface area contributed by atoms with Gasteiger partial charge < -0.3 is 19.9 Å². The van der Waals surface area contributed by atoms with E-state index in [1.165, 1.54) is 12.1 Å². The van der Waals surface area contributed by atoms with E-state index in [9.17, 15) is 14.0 Å². The van der Waals surface area contributed by atoms with E-state index in [1.54, 1.807) is 23.1 Å². The van der Waals surface area contributed by atoms with Crippen LogP contribution in [0.25, 0.3) is 16.5 Å². The number of fused-ring (bicyclic) bond motifs is 1. The zero-order valence-electron chi connectivity index (χ0n) is 16.4. The molecule has 0 spiro atoms. The smallest absolute Gasteiger partial charge is 0.258 e. The number of rotatable bonds is 6. The summed E-state index contributed by atoms with van der Waals surface area (Å²) in [4.78, 5) is 29.1. The zero-order valence-corrected chi connectivity index (χ0v) is 16.4. The maximum atomic E-state index is 13.4. The van der Waals surface area contributed by atoms with Crippen LogP contribution in [-0.2, 0) is 9.59 Å². The summed E-state index contributed by atoms with van der Waals surface area (Å²) in [6.45, 7) is 0.836. The summed E-state index contributed by atoms with van der Waals surface area (Å²) in [5.74, 6) is -0.153. The third kappa shape index (κ3) is 4.51. The summed E-state index contributed by atoms with van der Waals surface area (Å²) in [5.41, 5.74) is 2.91. The topological polar surface area (TPSA) is 74.4 Å². The van der Waals surface area contributed by atoms with Crippen LogP contribution in [0.2, 0.25) is 0 Å². The van der Waals surface area contributed by atoms with Crippen LogP contribution in [-0.4, -0.2) is 47.9 Å². The van der Waals surface area contributed by atoms with Crippen LogP contribution in [0.4, 0.5) is 4.39 Å². The van der Waals surface area contributed by atoms with Gasteiger partial charge >= 0.3 is 0 Å². The molecule has 1 aliphatic heterocycles. The van der Waals surface area contributed by atoms with Gasteiger partial charge in [0.05, 0.1) is 6.54 Å². The summed E-state index contributed by atoms with van der Waals surface area (Å²) in [6.07, 6.45) is 4.58. The van der Waals surface area contributed by atoms with Crippen molar-refractivity contribution in [2.75, 3.05) is 26.2 Å². The van der Waals surface area contributed by atoms with E-state index in [2.05, 4.69) is 10.3 Å². The van der Waals surface area contributed by atoms with Gasteiger partial charge in [0, 0.05) is 35.8 Å². The maximum Gasteiger partial charge on any atom is 0.258 e. The Morgan fingerprint density at radius 2 is 2.00 bits per heavy atom. The summed E-state index contributed by atoms with van der Waals surface area (Å²) < 4.78 is 18.7. The van der Waals surface area contributed by atoms with Crippen molar-refractivity contribution >= 4 is 28.3 Å². The summed E-state index contributed by atoms with van der Waals surface area (Å²) in [7, 11) is 0. The molecule has 7 heteroatoms. The highest BCUT2D eigenvalue weighted by Crippen LogP contribution is 2.29. The molecule has 2 amide bonds. The lowest BCUT2D eigenvalue weighted by molar-refractivity contribution is -0.133. The van der Waals surface area contributed by atoms with Gasteiger partial charge in [0.25, 0.3) is 5.91 Å². The predicted octanol–water partition coefficient (Wildman–Crippen LogP) is 3.12. The first-order chi connectivity index (χ1) is 14.6. The standard InChI is InChI=1S/C23H22FN3O3/c24-17-6-7-19-20(13-25-21(19)12-17)16-8-10-27(11-9-16)23(29)14-26-22(28)15-30-18-4-2-1-3-5-18/h1-8,12-13,25H,9-11,14-15H2,(H,26,28). The van der Waals surface area contributed by atoms with Gasteiger partial charge in [0.2, 0.25) is 5.91 Å². The monoisotopic (exact) mass is 407 g/mol. The number of nitrogens with zero attached hydrogens (tertiary/aromatic N) is 1. The number of nitrogens with one attached hydrogen (secondary N) is 2. The van der Waals surface area contributed by atoms with Crippen molar-refractivity contribution in [2.24, 2.45) is 0 Å². The molecule has 0 aliphatic carbocycles. The van der Waals surface area contributed by atoms with E-state index in [1.807, 2.05) is 30.5 Å². The molecule has 0 bridgehead atoms. The number of hydrogen-bond acceptors (Lipinski definition) is 3. The molecule has 1 aromatic heterocycles. The summed E-state index contributed by atoms with van der Waals surface area (Å²) >= 11 is 0. The number of para-hydroxylation sites is 1. The molecular formula is C23H22FN3O3. The average molecular weight is 407 g/mol. The van der Waals surface area contributed by atoms with Gasteiger partial charge in [-0.3, -0.25) is 9.59 Å². The molecule has 1 aliphatic rings. The molecule has 3 aromatic rings. The molecule has 2 heterocycles. The predicted molar refractivity (Wildman–Crippen MR) is 112 cm³/mol. The fourth-order valence-corrected chi connectivity index (χ4v) is 3.51. The first kappa shape index (κ1) is 19.7. The number of amides is 2. The van der Waals surface area contributed by atoms with Crippen molar-refractivity contribution in [2.45, 2.75) is 6.42 Å². The molecule has 2 N–H and O–H groups in total. The molecule has 2 aromatic carbocycles. The fourth-order valence-electron chi connectivity index (χ4n) is 3.51. The lowest BCUT2D eigenvalue weighted by Crippen LogP contribution is -2.43. The number of carbonyl (C=O) groups is 2. The molecule has 4 rings (SSSR count). The molecule has 0 fully saturated rings. The number of benzene rings is 2. The molecule has 154 valence electrons.